The number of aliphatic imine (C=N–C) groups is 1. The highest BCUT2D eigenvalue weighted by Gasteiger charge is 2.16. The van der Waals surface area contributed by atoms with E-state index in [1.807, 2.05) is 68.4 Å². The molecule has 1 aliphatic heterocycles. The van der Waals surface area contributed by atoms with E-state index in [1.165, 1.54) is 11.0 Å². The van der Waals surface area contributed by atoms with Gasteiger partial charge in [-0.15, -0.1) is 6.58 Å². The van der Waals surface area contributed by atoms with Crippen molar-refractivity contribution in [2.75, 3.05) is 6.61 Å². The van der Waals surface area contributed by atoms with E-state index in [0.29, 0.717) is 12.2 Å². The number of hydrogen-bond donors (Lipinski definition) is 2. The van der Waals surface area contributed by atoms with Crippen LogP contribution in [-0.4, -0.2) is 30.1 Å². The molecule has 0 atom stereocenters. The molecule has 7 nitrogen and oxygen atoms in total. The third-order valence-electron chi connectivity index (χ3n) is 5.63. The maximum Gasteiger partial charge on any atom is 0.338 e. The molecule has 0 unspecified atom stereocenters. The standard InChI is InChI=1S/C20H19NO2S.C12H14N2O2.C2H6/c1-3-16-13-24-18-8-6-5-7-17(18)19(21-16)14-9-11-15(12-10-14)20(22)23-4-2;1-2-6-11(15)13-14-12(16)9-10-7-4-3-5-8-10;1-2/h5-13H,3-4H2,1-2H3;2-5,7-8H,1,6,9H2,(H,13,15)(H,14,16);1-2H3. The molecule has 0 aromatic heterocycles. The molecule has 2 N–H and O–H groups in total. The summed E-state index contributed by atoms with van der Waals surface area (Å²) in [4.78, 5) is 40.2. The number of thioether (sulfide) groups is 1. The Kier molecular flexibility index (Phi) is 15.1. The average Bonchev–Trinajstić information content (AvgIpc) is 3.22. The highest BCUT2D eigenvalue weighted by atomic mass is 32.2. The number of carbonyl (C=O) groups excluding carboxylic acids is 3. The van der Waals surface area contributed by atoms with Crippen molar-refractivity contribution in [2.45, 2.75) is 51.9 Å². The van der Waals surface area contributed by atoms with Crippen LogP contribution in [0.25, 0.3) is 0 Å². The molecule has 3 aromatic rings. The molecule has 220 valence electrons. The lowest BCUT2D eigenvalue weighted by molar-refractivity contribution is -0.128. The molecule has 1 aliphatic rings. The van der Waals surface area contributed by atoms with Gasteiger partial charge in [0, 0.05) is 28.1 Å². The largest absolute Gasteiger partial charge is 0.462 e. The van der Waals surface area contributed by atoms with Crippen LogP contribution < -0.4 is 10.9 Å². The average molecular weight is 586 g/mol. The summed E-state index contributed by atoms with van der Waals surface area (Å²) in [6.07, 6.45) is 2.78. The SMILES string of the molecule is C=CCC(=O)NNC(=O)Cc1ccccc1.CC.CCOC(=O)c1ccc(C2=NC(CC)=CSc3ccccc32)cc1. The molecule has 42 heavy (non-hydrogen) atoms. The molecule has 2 amide bonds. The third kappa shape index (κ3) is 10.9. The van der Waals surface area contributed by atoms with Gasteiger partial charge in [-0.2, -0.15) is 0 Å². The second kappa shape index (κ2) is 18.8. The number of benzene rings is 3. The lowest BCUT2D eigenvalue weighted by Crippen LogP contribution is -2.42. The van der Waals surface area contributed by atoms with Gasteiger partial charge in [-0.25, -0.2) is 4.79 Å². The zero-order valence-corrected chi connectivity index (χ0v) is 25.5. The molecule has 3 aromatic carbocycles. The van der Waals surface area contributed by atoms with Crippen LogP contribution in [0.5, 0.6) is 0 Å². The van der Waals surface area contributed by atoms with Crippen molar-refractivity contribution in [3.63, 3.8) is 0 Å². The van der Waals surface area contributed by atoms with Crippen LogP contribution in [0, 0.1) is 0 Å². The van der Waals surface area contributed by atoms with E-state index >= 15 is 0 Å². The highest BCUT2D eigenvalue weighted by molar-refractivity contribution is 8.02. The number of amides is 2. The van der Waals surface area contributed by atoms with Crippen molar-refractivity contribution in [3.05, 3.63) is 125 Å². The summed E-state index contributed by atoms with van der Waals surface area (Å²) in [5.41, 5.74) is 10.2. The molecule has 0 bridgehead atoms. The van der Waals surface area contributed by atoms with Crippen molar-refractivity contribution in [1.29, 1.82) is 0 Å². The molecule has 4 rings (SSSR count). The van der Waals surface area contributed by atoms with Gasteiger partial charge in [0.15, 0.2) is 0 Å². The zero-order chi connectivity index (χ0) is 30.7. The quantitative estimate of drug-likeness (QED) is 0.168. The molecular weight excluding hydrogens is 546 g/mol. The Labute approximate surface area is 253 Å². The fourth-order valence-electron chi connectivity index (χ4n) is 3.63. The first-order valence-corrected chi connectivity index (χ1v) is 14.9. The van der Waals surface area contributed by atoms with Gasteiger partial charge in [-0.3, -0.25) is 25.4 Å². The van der Waals surface area contributed by atoms with Crippen molar-refractivity contribution < 1.29 is 19.1 Å². The molecule has 0 aliphatic carbocycles. The number of allylic oxidation sites excluding steroid dienone is 1. The normalized spacial score (nSPS) is 11.3. The van der Waals surface area contributed by atoms with Crippen molar-refractivity contribution in [3.8, 4) is 0 Å². The fraction of sp³-hybridized carbons (Fsp3) is 0.235. The summed E-state index contributed by atoms with van der Waals surface area (Å²) in [5, 5.41) is 2.11. The Balaban J connectivity index is 0.000000299. The van der Waals surface area contributed by atoms with Crippen LogP contribution in [0.2, 0.25) is 0 Å². The smallest absolute Gasteiger partial charge is 0.338 e. The van der Waals surface area contributed by atoms with Crippen LogP contribution >= 0.6 is 11.8 Å². The van der Waals surface area contributed by atoms with Crippen LogP contribution in [0.1, 0.15) is 67.6 Å². The molecule has 8 heteroatoms. The summed E-state index contributed by atoms with van der Waals surface area (Å²) >= 11 is 1.70. The molecule has 0 saturated heterocycles. The minimum Gasteiger partial charge on any atom is -0.462 e. The summed E-state index contributed by atoms with van der Waals surface area (Å²) in [7, 11) is 0. The first-order chi connectivity index (χ1) is 20.4. The molecule has 0 spiro atoms. The van der Waals surface area contributed by atoms with Crippen LogP contribution in [0.15, 0.2) is 113 Å². The number of carbonyl (C=O) groups is 3. The van der Waals surface area contributed by atoms with Gasteiger partial charge in [-0.1, -0.05) is 99.3 Å². The van der Waals surface area contributed by atoms with E-state index in [4.69, 9.17) is 9.73 Å². The van der Waals surface area contributed by atoms with E-state index < -0.39 is 0 Å². The van der Waals surface area contributed by atoms with E-state index in [0.717, 1.165) is 34.5 Å². The number of ether oxygens (including phenoxy) is 1. The minimum absolute atomic E-state index is 0.186. The summed E-state index contributed by atoms with van der Waals surface area (Å²) in [6.45, 7) is 11.7. The maximum absolute atomic E-state index is 11.8. The van der Waals surface area contributed by atoms with E-state index in [2.05, 4.69) is 41.9 Å². The van der Waals surface area contributed by atoms with Crippen molar-refractivity contribution in [1.82, 2.24) is 10.9 Å². The fourth-order valence-corrected chi connectivity index (χ4v) is 4.57. The van der Waals surface area contributed by atoms with Gasteiger partial charge in [0.25, 0.3) is 0 Å². The second-order valence-electron chi connectivity index (χ2n) is 8.59. The summed E-state index contributed by atoms with van der Waals surface area (Å²) in [6, 6.07) is 25.0. The zero-order valence-electron chi connectivity index (χ0n) is 24.7. The number of rotatable bonds is 8. The Morgan fingerprint density at radius 3 is 2.17 bits per heavy atom. The highest BCUT2D eigenvalue weighted by Crippen LogP contribution is 2.31. The van der Waals surface area contributed by atoms with Crippen molar-refractivity contribution >= 4 is 35.3 Å². The lowest BCUT2D eigenvalue weighted by atomic mass is 10.0. The van der Waals surface area contributed by atoms with Gasteiger partial charge in [0.1, 0.15) is 0 Å². The van der Waals surface area contributed by atoms with E-state index in [9.17, 15) is 14.4 Å². The maximum atomic E-state index is 11.8. The topological polar surface area (TPSA) is 96.9 Å². The van der Waals surface area contributed by atoms with Crippen LogP contribution in [-0.2, 0) is 20.7 Å². The third-order valence-corrected chi connectivity index (χ3v) is 6.63. The number of esters is 1. The first-order valence-electron chi connectivity index (χ1n) is 14.0. The predicted molar refractivity (Wildman–Crippen MR) is 171 cm³/mol. The molecule has 1 heterocycles. The Morgan fingerprint density at radius 1 is 0.881 bits per heavy atom. The minimum atomic E-state index is -0.294. The lowest BCUT2D eigenvalue weighted by Gasteiger charge is -2.10. The second-order valence-corrected chi connectivity index (χ2v) is 9.50. The van der Waals surface area contributed by atoms with Gasteiger partial charge < -0.3 is 4.74 Å². The van der Waals surface area contributed by atoms with E-state index in [-0.39, 0.29) is 30.6 Å². The van der Waals surface area contributed by atoms with Crippen LogP contribution in [0.4, 0.5) is 0 Å². The number of nitrogens with one attached hydrogen (secondary N) is 2. The molecular formula is C34H39N3O4S. The predicted octanol–water partition coefficient (Wildman–Crippen LogP) is 7.04. The monoisotopic (exact) mass is 585 g/mol. The number of fused-ring (bicyclic) bond motifs is 1. The Bertz CT molecular complexity index is 1380. The van der Waals surface area contributed by atoms with Gasteiger partial charge in [-0.05, 0) is 42.5 Å². The van der Waals surface area contributed by atoms with E-state index in [1.54, 1.807) is 30.8 Å². The Morgan fingerprint density at radius 2 is 1.52 bits per heavy atom. The molecule has 0 saturated carbocycles. The number of nitrogens with zero attached hydrogens (tertiary/aromatic N) is 1. The van der Waals surface area contributed by atoms with Gasteiger partial charge in [0.2, 0.25) is 11.8 Å². The van der Waals surface area contributed by atoms with Gasteiger partial charge in [0.05, 0.1) is 24.3 Å². The van der Waals surface area contributed by atoms with Crippen LogP contribution in [0.3, 0.4) is 0 Å². The molecule has 0 radical (unpaired) electrons. The van der Waals surface area contributed by atoms with Crippen molar-refractivity contribution in [2.24, 2.45) is 4.99 Å². The summed E-state index contributed by atoms with van der Waals surface area (Å²) < 4.78 is 5.04. The molecule has 0 fully saturated rings. The van der Waals surface area contributed by atoms with Gasteiger partial charge >= 0.3 is 5.97 Å². The Hall–Kier alpha value is -4.43. The first kappa shape index (κ1) is 33.8. The number of hydrogen-bond acceptors (Lipinski definition) is 6. The number of hydrazine groups is 1. The summed E-state index contributed by atoms with van der Waals surface area (Å²) in [5.74, 6) is -0.822.